The van der Waals surface area contributed by atoms with Crippen molar-refractivity contribution in [3.63, 3.8) is 0 Å². The van der Waals surface area contributed by atoms with Crippen molar-refractivity contribution in [1.29, 1.82) is 0 Å². The first kappa shape index (κ1) is 38.0. The van der Waals surface area contributed by atoms with Gasteiger partial charge >= 0.3 is 5.97 Å². The SMILES string of the molecule is C=C[C@]1(C)C[C@@H](OC(=O)CSc2ccccc2NC(=O)CN2CCN(c3ccccc3[N+](=O)[O-])CC2)[C@]2(C)[C@H](C)CC[C@]3(CCC(=O)[C@H]32)[C@@H](C)[C@@H]1O. The van der Waals surface area contributed by atoms with Crippen molar-refractivity contribution in [1.82, 2.24) is 4.90 Å². The van der Waals surface area contributed by atoms with E-state index in [9.17, 15) is 29.6 Å². The van der Waals surface area contributed by atoms with E-state index in [4.69, 9.17) is 4.74 Å². The van der Waals surface area contributed by atoms with E-state index in [0.717, 1.165) is 24.2 Å². The van der Waals surface area contributed by atoms with Gasteiger partial charge < -0.3 is 20.1 Å². The largest absolute Gasteiger partial charge is 0.461 e. The summed E-state index contributed by atoms with van der Waals surface area (Å²) in [5.74, 6) is -0.607. The normalized spacial score (nSPS) is 33.4. The quantitative estimate of drug-likeness (QED) is 0.0933. The average molecular weight is 733 g/mol. The van der Waals surface area contributed by atoms with Crippen molar-refractivity contribution in [3.05, 3.63) is 71.3 Å². The maximum absolute atomic E-state index is 13.7. The van der Waals surface area contributed by atoms with Crippen molar-refractivity contribution in [3.8, 4) is 0 Å². The Labute approximate surface area is 310 Å². The number of anilines is 2. The summed E-state index contributed by atoms with van der Waals surface area (Å²) in [6.07, 6.45) is 3.88. The summed E-state index contributed by atoms with van der Waals surface area (Å²) >= 11 is 1.29. The third-order valence-corrected chi connectivity index (χ3v) is 14.3. The van der Waals surface area contributed by atoms with Gasteiger partial charge in [-0.1, -0.05) is 58.0 Å². The third-order valence-electron chi connectivity index (χ3n) is 13.2. The van der Waals surface area contributed by atoms with Crippen LogP contribution in [0.5, 0.6) is 0 Å². The number of nitro benzene ring substituents is 1. The Morgan fingerprint density at radius 3 is 2.50 bits per heavy atom. The number of hydrogen-bond acceptors (Lipinski definition) is 10. The lowest BCUT2D eigenvalue weighted by molar-refractivity contribution is -0.384. The predicted molar refractivity (Wildman–Crippen MR) is 202 cm³/mol. The maximum Gasteiger partial charge on any atom is 0.316 e. The maximum atomic E-state index is 13.7. The lowest BCUT2D eigenvalue weighted by Gasteiger charge is -2.61. The highest BCUT2D eigenvalue weighted by atomic mass is 32.2. The number of aliphatic hydroxyl groups is 1. The highest BCUT2D eigenvalue weighted by Gasteiger charge is 2.68. The molecule has 4 fully saturated rings. The molecule has 1 amide bonds. The third kappa shape index (κ3) is 6.89. The fraction of sp³-hybridized carbons (Fsp3) is 0.575. The molecular weight excluding hydrogens is 681 g/mol. The summed E-state index contributed by atoms with van der Waals surface area (Å²) in [4.78, 5) is 56.5. The Hall–Kier alpha value is -3.74. The van der Waals surface area contributed by atoms with Crippen LogP contribution in [0.4, 0.5) is 17.1 Å². The molecule has 12 heteroatoms. The first-order valence-corrected chi connectivity index (χ1v) is 19.5. The number of ether oxygens (including phenoxy) is 1. The van der Waals surface area contributed by atoms with Crippen LogP contribution in [-0.2, 0) is 19.1 Å². The Morgan fingerprint density at radius 1 is 1.10 bits per heavy atom. The first-order valence-electron chi connectivity index (χ1n) is 18.5. The number of nitro groups is 1. The number of carbonyl (C=O) groups excluding carboxylic acids is 3. The molecule has 3 aliphatic carbocycles. The number of ketones is 1. The lowest BCUT2D eigenvalue weighted by Crippen LogP contribution is -2.63. The molecule has 2 aromatic rings. The molecule has 6 rings (SSSR count). The molecule has 4 aliphatic rings. The van der Waals surface area contributed by atoms with Crippen LogP contribution in [0.15, 0.2) is 66.1 Å². The van der Waals surface area contributed by atoms with Gasteiger partial charge in [-0.05, 0) is 61.1 Å². The molecular formula is C40H52N4O7S. The van der Waals surface area contributed by atoms with Gasteiger partial charge in [0.1, 0.15) is 17.6 Å². The van der Waals surface area contributed by atoms with Crippen LogP contribution in [0.2, 0.25) is 0 Å². The zero-order valence-electron chi connectivity index (χ0n) is 30.7. The van der Waals surface area contributed by atoms with Gasteiger partial charge in [0.15, 0.2) is 0 Å². The number of para-hydroxylation sites is 3. The van der Waals surface area contributed by atoms with Gasteiger partial charge in [-0.25, -0.2) is 0 Å². The first-order chi connectivity index (χ1) is 24.7. The second-order valence-electron chi connectivity index (χ2n) is 15.9. The summed E-state index contributed by atoms with van der Waals surface area (Å²) in [6.45, 7) is 14.9. The number of benzene rings is 2. The summed E-state index contributed by atoms with van der Waals surface area (Å²) in [5, 5.41) is 26.3. The molecule has 2 bridgehead atoms. The van der Waals surface area contributed by atoms with E-state index in [2.05, 4.69) is 32.7 Å². The molecule has 0 spiro atoms. The van der Waals surface area contributed by atoms with Crippen molar-refractivity contribution in [2.45, 2.75) is 76.9 Å². The van der Waals surface area contributed by atoms with Crippen LogP contribution in [0.3, 0.4) is 0 Å². The van der Waals surface area contributed by atoms with Gasteiger partial charge in [0, 0.05) is 60.3 Å². The number of nitrogens with one attached hydrogen (secondary N) is 1. The monoisotopic (exact) mass is 732 g/mol. The predicted octanol–water partition coefficient (Wildman–Crippen LogP) is 6.35. The van der Waals surface area contributed by atoms with Crippen LogP contribution in [0.25, 0.3) is 0 Å². The number of aliphatic hydroxyl groups excluding tert-OH is 1. The topological polar surface area (TPSA) is 142 Å². The number of thioether (sulfide) groups is 1. The standard InChI is InChI=1S/C40H52N4O7S/c1-6-38(4)23-33(39(5)26(2)15-17-40(27(3)37(38)48)18-16-31(45)36(39)40)51-35(47)25-52-32-14-10-7-11-28(32)41-34(46)24-42-19-21-43(22-20-42)29-12-8-9-13-30(29)44(49)50/h6-14,26-27,33,36-37,48H,1,15-25H2,2-5H3,(H,41,46)/t26-,27+,33-,36+,37+,38-,39+,40+/m1/s1. The van der Waals surface area contributed by atoms with Gasteiger partial charge in [-0.15, -0.1) is 18.3 Å². The molecule has 280 valence electrons. The Bertz CT molecular complexity index is 1710. The van der Waals surface area contributed by atoms with Crippen LogP contribution in [0, 0.1) is 44.1 Å². The smallest absolute Gasteiger partial charge is 0.316 e. The summed E-state index contributed by atoms with van der Waals surface area (Å²) in [7, 11) is 0. The Morgan fingerprint density at radius 2 is 1.79 bits per heavy atom. The number of piperazine rings is 1. The number of hydrogen-bond donors (Lipinski definition) is 2. The van der Waals surface area contributed by atoms with Crippen molar-refractivity contribution >= 4 is 46.5 Å². The van der Waals surface area contributed by atoms with Crippen LogP contribution >= 0.6 is 11.8 Å². The van der Waals surface area contributed by atoms with Crippen molar-refractivity contribution < 1.29 is 29.2 Å². The van der Waals surface area contributed by atoms with E-state index in [1.807, 2.05) is 34.9 Å². The molecule has 1 aliphatic heterocycles. The number of rotatable bonds is 10. The number of carbonyl (C=O) groups is 3. The summed E-state index contributed by atoms with van der Waals surface area (Å²) in [5.41, 5.74) is -0.375. The Balaban J connectivity index is 1.10. The molecule has 0 unspecified atom stereocenters. The fourth-order valence-corrected chi connectivity index (χ4v) is 10.7. The van der Waals surface area contributed by atoms with E-state index in [1.54, 1.807) is 30.3 Å². The van der Waals surface area contributed by atoms with Gasteiger partial charge in [-0.3, -0.25) is 29.4 Å². The number of amides is 1. The zero-order chi connectivity index (χ0) is 37.4. The van der Waals surface area contributed by atoms with E-state index >= 15 is 0 Å². The number of nitrogens with zero attached hydrogens (tertiary/aromatic N) is 3. The van der Waals surface area contributed by atoms with E-state index < -0.39 is 29.0 Å². The molecule has 11 nitrogen and oxygen atoms in total. The molecule has 3 saturated carbocycles. The summed E-state index contributed by atoms with van der Waals surface area (Å²) in [6, 6.07) is 14.1. The van der Waals surface area contributed by atoms with Gasteiger partial charge in [0.05, 0.1) is 29.0 Å². The fourth-order valence-electron chi connectivity index (χ4n) is 9.95. The molecule has 8 atom stereocenters. The zero-order valence-corrected chi connectivity index (χ0v) is 31.5. The average Bonchev–Trinajstić information content (AvgIpc) is 3.49. The molecule has 52 heavy (non-hydrogen) atoms. The van der Waals surface area contributed by atoms with Crippen LogP contribution in [-0.4, -0.2) is 83.3 Å². The van der Waals surface area contributed by atoms with E-state index in [0.29, 0.717) is 50.4 Å². The van der Waals surface area contributed by atoms with E-state index in [-0.39, 0.29) is 57.8 Å². The highest BCUT2D eigenvalue weighted by Crippen LogP contribution is 2.68. The lowest BCUT2D eigenvalue weighted by atomic mass is 9.44. The molecule has 0 radical (unpaired) electrons. The van der Waals surface area contributed by atoms with Crippen LogP contribution in [0.1, 0.15) is 59.8 Å². The molecule has 0 aromatic heterocycles. The number of Topliss-reactive ketones (excluding diaryl/α,β-unsaturated/α-hetero) is 1. The molecule has 2 aromatic carbocycles. The van der Waals surface area contributed by atoms with Gasteiger partial charge in [0.25, 0.3) is 5.69 Å². The minimum atomic E-state index is -0.725. The summed E-state index contributed by atoms with van der Waals surface area (Å²) < 4.78 is 6.42. The second kappa shape index (κ2) is 14.9. The minimum Gasteiger partial charge on any atom is -0.461 e. The Kier molecular flexibility index (Phi) is 10.9. The second-order valence-corrected chi connectivity index (χ2v) is 16.9. The van der Waals surface area contributed by atoms with Crippen molar-refractivity contribution in [2.75, 3.05) is 48.7 Å². The van der Waals surface area contributed by atoms with E-state index in [1.165, 1.54) is 17.8 Å². The molecule has 1 heterocycles. The van der Waals surface area contributed by atoms with Gasteiger partial charge in [0.2, 0.25) is 5.91 Å². The minimum absolute atomic E-state index is 0.00887. The van der Waals surface area contributed by atoms with Gasteiger partial charge in [-0.2, -0.15) is 0 Å². The highest BCUT2D eigenvalue weighted by molar-refractivity contribution is 8.00. The molecule has 1 saturated heterocycles. The molecule has 2 N–H and O–H groups in total. The van der Waals surface area contributed by atoms with Crippen molar-refractivity contribution in [2.24, 2.45) is 34.0 Å². The van der Waals surface area contributed by atoms with Crippen LogP contribution < -0.4 is 10.2 Å². The number of esters is 1.